The molecule has 2 aromatic carbocycles. The Labute approximate surface area is 121 Å². The van der Waals surface area contributed by atoms with Gasteiger partial charge in [-0.1, -0.05) is 55.5 Å². The topological polar surface area (TPSA) is 20.2 Å². The number of hydrogen-bond donors (Lipinski definition) is 1. The number of aliphatic hydroxyl groups is 1. The zero-order chi connectivity index (χ0) is 14.0. The molecule has 0 aromatic heterocycles. The van der Waals surface area contributed by atoms with Gasteiger partial charge in [0.1, 0.15) is 0 Å². The van der Waals surface area contributed by atoms with E-state index in [1.807, 2.05) is 0 Å². The number of benzene rings is 2. The third kappa shape index (κ3) is 2.78. The van der Waals surface area contributed by atoms with E-state index in [0.29, 0.717) is 0 Å². The number of hydrogen-bond acceptors (Lipinski definition) is 1. The lowest BCUT2D eigenvalue weighted by molar-refractivity contribution is 0.0267. The molecule has 0 amide bonds. The van der Waals surface area contributed by atoms with Gasteiger partial charge in [0.05, 0.1) is 5.60 Å². The summed E-state index contributed by atoms with van der Waals surface area (Å²) in [6, 6.07) is 17.2. The average molecular weight is 266 g/mol. The predicted molar refractivity (Wildman–Crippen MR) is 82.9 cm³/mol. The maximum Gasteiger partial charge on any atom is 0.0731 e. The molecule has 0 fully saturated rings. The largest absolute Gasteiger partial charge is 0.389 e. The first kappa shape index (κ1) is 13.4. The van der Waals surface area contributed by atoms with Crippen molar-refractivity contribution >= 4 is 0 Å². The normalized spacial score (nSPS) is 21.5. The van der Waals surface area contributed by atoms with E-state index in [1.54, 1.807) is 0 Å². The summed E-state index contributed by atoms with van der Waals surface area (Å²) in [5, 5.41) is 10.9. The van der Waals surface area contributed by atoms with Crippen LogP contribution in [0.5, 0.6) is 0 Å². The molecule has 0 saturated heterocycles. The highest BCUT2D eigenvalue weighted by Crippen LogP contribution is 2.31. The van der Waals surface area contributed by atoms with Gasteiger partial charge < -0.3 is 5.11 Å². The molecule has 1 N–H and O–H groups in total. The maximum absolute atomic E-state index is 10.9. The summed E-state index contributed by atoms with van der Waals surface area (Å²) in [5.74, 6) is 0. The quantitative estimate of drug-likeness (QED) is 0.898. The van der Waals surface area contributed by atoms with Gasteiger partial charge >= 0.3 is 0 Å². The van der Waals surface area contributed by atoms with Crippen molar-refractivity contribution in [1.29, 1.82) is 0 Å². The Bertz CT molecular complexity index is 585. The zero-order valence-electron chi connectivity index (χ0n) is 12.1. The molecule has 0 saturated carbocycles. The van der Waals surface area contributed by atoms with Gasteiger partial charge in [0.15, 0.2) is 0 Å². The van der Waals surface area contributed by atoms with Crippen molar-refractivity contribution in [3.05, 3.63) is 70.8 Å². The molecule has 0 aliphatic heterocycles. The Kier molecular flexibility index (Phi) is 3.62. The van der Waals surface area contributed by atoms with E-state index >= 15 is 0 Å². The lowest BCUT2D eigenvalue weighted by Gasteiger charge is -2.33. The van der Waals surface area contributed by atoms with E-state index in [2.05, 4.69) is 55.5 Å². The lowest BCUT2D eigenvalue weighted by atomic mass is 9.77. The minimum absolute atomic E-state index is 0.581. The van der Waals surface area contributed by atoms with Crippen molar-refractivity contribution < 1.29 is 5.11 Å². The predicted octanol–water partition coefficient (Wildman–Crippen LogP) is 3.71. The molecule has 1 heteroatoms. The second kappa shape index (κ2) is 5.41. The molecule has 3 rings (SSSR count). The number of fused-ring (bicyclic) bond motifs is 1. The van der Waals surface area contributed by atoms with Crippen LogP contribution in [0.3, 0.4) is 0 Å². The average Bonchev–Trinajstić information content (AvgIpc) is 2.47. The van der Waals surface area contributed by atoms with E-state index in [4.69, 9.17) is 0 Å². The smallest absolute Gasteiger partial charge is 0.0731 e. The van der Waals surface area contributed by atoms with Gasteiger partial charge in [0.25, 0.3) is 0 Å². The fourth-order valence-electron chi connectivity index (χ4n) is 3.21. The van der Waals surface area contributed by atoms with Crippen LogP contribution >= 0.6 is 0 Å². The highest BCUT2D eigenvalue weighted by molar-refractivity contribution is 5.33. The second-order valence-corrected chi connectivity index (χ2v) is 6.02. The van der Waals surface area contributed by atoms with E-state index in [0.717, 1.165) is 32.1 Å². The first-order chi connectivity index (χ1) is 9.68. The molecular formula is C19H22O. The molecular weight excluding hydrogens is 244 g/mol. The van der Waals surface area contributed by atoms with Crippen molar-refractivity contribution in [2.45, 2.75) is 44.6 Å². The minimum Gasteiger partial charge on any atom is -0.389 e. The number of rotatable bonds is 3. The highest BCUT2D eigenvalue weighted by atomic mass is 16.3. The van der Waals surface area contributed by atoms with Crippen LogP contribution in [0.2, 0.25) is 0 Å². The molecule has 0 spiro atoms. The van der Waals surface area contributed by atoms with Crippen LogP contribution in [0.1, 0.15) is 35.6 Å². The summed E-state index contributed by atoms with van der Waals surface area (Å²) in [7, 11) is 0. The van der Waals surface area contributed by atoms with Crippen molar-refractivity contribution in [2.24, 2.45) is 0 Å². The standard InChI is InChI=1S/C19H22O/c1-2-15-7-9-16(10-8-15)13-19(20)12-11-17-5-3-4-6-18(17)14-19/h3-10,20H,2,11-14H2,1H3. The SMILES string of the molecule is CCc1ccc(CC2(O)CCc3ccccc3C2)cc1. The molecule has 0 bridgehead atoms. The minimum atomic E-state index is -0.581. The maximum atomic E-state index is 10.9. The molecule has 0 radical (unpaired) electrons. The molecule has 0 heterocycles. The first-order valence-corrected chi connectivity index (χ1v) is 7.55. The highest BCUT2D eigenvalue weighted by Gasteiger charge is 2.31. The fourth-order valence-corrected chi connectivity index (χ4v) is 3.21. The molecule has 20 heavy (non-hydrogen) atoms. The van der Waals surface area contributed by atoms with Gasteiger partial charge in [0, 0.05) is 12.8 Å². The van der Waals surface area contributed by atoms with Gasteiger partial charge in [0.2, 0.25) is 0 Å². The Morgan fingerprint density at radius 1 is 0.950 bits per heavy atom. The van der Waals surface area contributed by atoms with Crippen LogP contribution in [0.4, 0.5) is 0 Å². The van der Waals surface area contributed by atoms with Gasteiger partial charge in [-0.05, 0) is 41.5 Å². The number of aryl methyl sites for hydroxylation is 2. The fraction of sp³-hybridized carbons (Fsp3) is 0.368. The molecule has 1 aliphatic carbocycles. The Balaban J connectivity index is 1.77. The third-order valence-electron chi connectivity index (χ3n) is 4.46. The van der Waals surface area contributed by atoms with Gasteiger partial charge in [-0.2, -0.15) is 0 Å². The van der Waals surface area contributed by atoms with Crippen LogP contribution in [-0.4, -0.2) is 10.7 Å². The van der Waals surface area contributed by atoms with Crippen LogP contribution in [0.25, 0.3) is 0 Å². The summed E-state index contributed by atoms with van der Waals surface area (Å²) >= 11 is 0. The molecule has 1 aliphatic rings. The lowest BCUT2D eigenvalue weighted by Crippen LogP contribution is -2.38. The van der Waals surface area contributed by atoms with E-state index in [-0.39, 0.29) is 0 Å². The van der Waals surface area contributed by atoms with Crippen LogP contribution in [-0.2, 0) is 25.7 Å². The Hall–Kier alpha value is -1.60. The third-order valence-corrected chi connectivity index (χ3v) is 4.46. The van der Waals surface area contributed by atoms with Crippen LogP contribution in [0, 0.1) is 0 Å². The van der Waals surface area contributed by atoms with Crippen molar-refractivity contribution in [3.63, 3.8) is 0 Å². The summed E-state index contributed by atoms with van der Waals surface area (Å²) < 4.78 is 0. The summed E-state index contributed by atoms with van der Waals surface area (Å²) in [6.07, 6.45) is 4.45. The van der Waals surface area contributed by atoms with E-state index in [1.165, 1.54) is 22.3 Å². The van der Waals surface area contributed by atoms with E-state index < -0.39 is 5.60 Å². The molecule has 1 atom stereocenters. The second-order valence-electron chi connectivity index (χ2n) is 6.02. The first-order valence-electron chi connectivity index (χ1n) is 7.55. The Morgan fingerprint density at radius 2 is 1.60 bits per heavy atom. The Morgan fingerprint density at radius 3 is 2.30 bits per heavy atom. The summed E-state index contributed by atoms with van der Waals surface area (Å²) in [5.41, 5.74) is 4.73. The van der Waals surface area contributed by atoms with Crippen molar-refractivity contribution in [3.8, 4) is 0 Å². The molecule has 2 aromatic rings. The molecule has 1 nitrogen and oxygen atoms in total. The zero-order valence-corrected chi connectivity index (χ0v) is 12.1. The van der Waals surface area contributed by atoms with E-state index in [9.17, 15) is 5.11 Å². The van der Waals surface area contributed by atoms with Gasteiger partial charge in [-0.3, -0.25) is 0 Å². The van der Waals surface area contributed by atoms with Gasteiger partial charge in [-0.25, -0.2) is 0 Å². The van der Waals surface area contributed by atoms with Crippen LogP contribution < -0.4 is 0 Å². The summed E-state index contributed by atoms with van der Waals surface area (Å²) in [4.78, 5) is 0. The monoisotopic (exact) mass is 266 g/mol. The van der Waals surface area contributed by atoms with Crippen LogP contribution in [0.15, 0.2) is 48.5 Å². The van der Waals surface area contributed by atoms with Gasteiger partial charge in [-0.15, -0.1) is 0 Å². The summed E-state index contributed by atoms with van der Waals surface area (Å²) in [6.45, 7) is 2.17. The van der Waals surface area contributed by atoms with Crippen molar-refractivity contribution in [1.82, 2.24) is 0 Å². The van der Waals surface area contributed by atoms with Crippen molar-refractivity contribution in [2.75, 3.05) is 0 Å². The molecule has 104 valence electrons. The molecule has 1 unspecified atom stereocenters.